The first-order valence-corrected chi connectivity index (χ1v) is 6.41. The lowest BCUT2D eigenvalue weighted by molar-refractivity contribution is -0.385. The molecular formula is C13H9Cl2N3O3. The zero-order valence-electron chi connectivity index (χ0n) is 10.5. The van der Waals surface area contributed by atoms with Gasteiger partial charge in [0.25, 0.3) is 0 Å². The Bertz CT molecular complexity index is 735. The quantitative estimate of drug-likeness (QED) is 0.384. The smallest absolute Gasteiger partial charge is 0.313 e. The molecule has 0 aliphatic heterocycles. The molecule has 0 aliphatic carbocycles. The van der Waals surface area contributed by atoms with E-state index in [0.717, 1.165) is 0 Å². The van der Waals surface area contributed by atoms with Crippen molar-refractivity contribution in [2.75, 3.05) is 0 Å². The number of benzene rings is 2. The first-order chi connectivity index (χ1) is 9.91. The van der Waals surface area contributed by atoms with E-state index in [0.29, 0.717) is 0 Å². The van der Waals surface area contributed by atoms with E-state index >= 15 is 0 Å². The second-order valence-corrected chi connectivity index (χ2v) is 4.79. The molecule has 0 aliphatic rings. The number of para-hydroxylation sites is 1. The van der Waals surface area contributed by atoms with E-state index in [1.54, 1.807) is 6.07 Å². The first-order valence-electron chi connectivity index (χ1n) is 5.65. The van der Waals surface area contributed by atoms with Crippen molar-refractivity contribution in [3.8, 4) is 11.5 Å². The van der Waals surface area contributed by atoms with Gasteiger partial charge in [-0.1, -0.05) is 35.3 Å². The molecule has 0 heterocycles. The summed E-state index contributed by atoms with van der Waals surface area (Å²) in [6.07, 6.45) is 0. The molecule has 0 atom stereocenters. The van der Waals surface area contributed by atoms with Crippen LogP contribution in [-0.4, -0.2) is 10.8 Å². The molecule has 0 spiro atoms. The summed E-state index contributed by atoms with van der Waals surface area (Å²) in [7, 11) is 0. The molecule has 108 valence electrons. The Kier molecular flexibility index (Phi) is 4.30. The van der Waals surface area contributed by atoms with E-state index in [9.17, 15) is 10.1 Å². The van der Waals surface area contributed by atoms with Gasteiger partial charge in [-0.25, -0.2) is 0 Å². The number of nitro groups is 1. The molecule has 21 heavy (non-hydrogen) atoms. The van der Waals surface area contributed by atoms with Gasteiger partial charge in [0.1, 0.15) is 11.6 Å². The van der Waals surface area contributed by atoms with Crippen molar-refractivity contribution >= 4 is 34.7 Å². The van der Waals surface area contributed by atoms with Crippen LogP contribution in [0, 0.1) is 15.5 Å². The fourth-order valence-electron chi connectivity index (χ4n) is 1.70. The molecular weight excluding hydrogens is 317 g/mol. The number of amidine groups is 1. The highest BCUT2D eigenvalue weighted by Gasteiger charge is 2.21. The summed E-state index contributed by atoms with van der Waals surface area (Å²) in [5.74, 6) is -0.328. The van der Waals surface area contributed by atoms with E-state index in [1.165, 1.54) is 30.3 Å². The number of nitrogens with one attached hydrogen (secondary N) is 1. The van der Waals surface area contributed by atoms with Crippen molar-refractivity contribution < 1.29 is 9.66 Å². The second-order valence-electron chi connectivity index (χ2n) is 3.97. The van der Waals surface area contributed by atoms with Crippen molar-refractivity contribution in [3.05, 3.63) is 62.1 Å². The zero-order valence-corrected chi connectivity index (χ0v) is 12.0. The standard InChI is InChI=1S/C13H9Cl2N3O3/c14-7-3-2-6-10(11(7)13(16)17)21-12-8(15)4-1-5-9(12)18(19)20/h1-6H,(H3,16,17). The second kappa shape index (κ2) is 5.99. The summed E-state index contributed by atoms with van der Waals surface area (Å²) in [6.45, 7) is 0. The highest BCUT2D eigenvalue weighted by atomic mass is 35.5. The largest absolute Gasteiger partial charge is 0.448 e. The number of nitrogens with zero attached hydrogens (tertiary/aromatic N) is 1. The Labute approximate surface area is 129 Å². The molecule has 0 bridgehead atoms. The summed E-state index contributed by atoms with van der Waals surface area (Å²) < 4.78 is 5.50. The van der Waals surface area contributed by atoms with E-state index in [2.05, 4.69) is 0 Å². The van der Waals surface area contributed by atoms with Gasteiger partial charge in [0.05, 0.1) is 20.5 Å². The van der Waals surface area contributed by atoms with Gasteiger partial charge in [0.2, 0.25) is 5.75 Å². The third-order valence-corrected chi connectivity index (χ3v) is 3.21. The molecule has 0 unspecified atom stereocenters. The van der Waals surface area contributed by atoms with Gasteiger partial charge in [-0.15, -0.1) is 0 Å². The molecule has 2 rings (SSSR count). The molecule has 0 fully saturated rings. The summed E-state index contributed by atoms with van der Waals surface area (Å²) in [4.78, 5) is 10.4. The van der Waals surface area contributed by atoms with Gasteiger partial charge in [-0.3, -0.25) is 15.5 Å². The van der Waals surface area contributed by atoms with Crippen LogP contribution in [0.15, 0.2) is 36.4 Å². The van der Waals surface area contributed by atoms with Crippen LogP contribution in [0.4, 0.5) is 5.69 Å². The minimum Gasteiger partial charge on any atom is -0.448 e. The maximum absolute atomic E-state index is 11.0. The molecule has 0 aromatic heterocycles. The van der Waals surface area contributed by atoms with Crippen LogP contribution in [0.5, 0.6) is 11.5 Å². The lowest BCUT2D eigenvalue weighted by atomic mass is 10.2. The highest BCUT2D eigenvalue weighted by molar-refractivity contribution is 6.34. The van der Waals surface area contributed by atoms with E-state index in [1.807, 2.05) is 0 Å². The first kappa shape index (κ1) is 15.1. The number of nitrogen functional groups attached to an aromatic ring is 1. The maximum atomic E-state index is 11.0. The lowest BCUT2D eigenvalue weighted by Crippen LogP contribution is -2.13. The summed E-state index contributed by atoms with van der Waals surface area (Å²) in [6, 6.07) is 8.77. The van der Waals surface area contributed by atoms with Crippen LogP contribution in [0.3, 0.4) is 0 Å². The molecule has 6 nitrogen and oxygen atoms in total. The number of rotatable bonds is 4. The molecule has 8 heteroatoms. The van der Waals surface area contributed by atoms with Crippen LogP contribution in [0.2, 0.25) is 10.0 Å². The molecule has 2 aromatic rings. The Balaban J connectivity index is 2.56. The number of hydrogen-bond acceptors (Lipinski definition) is 4. The fourth-order valence-corrected chi connectivity index (χ4v) is 2.18. The van der Waals surface area contributed by atoms with Crippen molar-refractivity contribution in [2.24, 2.45) is 5.73 Å². The molecule has 3 N–H and O–H groups in total. The zero-order chi connectivity index (χ0) is 15.6. The maximum Gasteiger partial charge on any atom is 0.313 e. The third kappa shape index (κ3) is 3.07. The number of halogens is 2. The summed E-state index contributed by atoms with van der Waals surface area (Å²) >= 11 is 11.9. The van der Waals surface area contributed by atoms with Crippen LogP contribution in [-0.2, 0) is 0 Å². The van der Waals surface area contributed by atoms with Gasteiger partial charge in [-0.2, -0.15) is 0 Å². The lowest BCUT2D eigenvalue weighted by Gasteiger charge is -2.12. The van der Waals surface area contributed by atoms with Gasteiger partial charge in [0.15, 0.2) is 0 Å². The van der Waals surface area contributed by atoms with E-state index < -0.39 is 4.92 Å². The minimum atomic E-state index is -0.612. The topological polar surface area (TPSA) is 102 Å². The Morgan fingerprint density at radius 2 is 1.81 bits per heavy atom. The van der Waals surface area contributed by atoms with Crippen molar-refractivity contribution in [1.82, 2.24) is 0 Å². The molecule has 0 saturated heterocycles. The van der Waals surface area contributed by atoms with Gasteiger partial charge < -0.3 is 10.5 Å². The summed E-state index contributed by atoms with van der Waals surface area (Å²) in [5.41, 5.74) is 5.31. The van der Waals surface area contributed by atoms with Crippen molar-refractivity contribution in [3.63, 3.8) is 0 Å². The Morgan fingerprint density at radius 1 is 1.19 bits per heavy atom. The predicted octanol–water partition coefficient (Wildman–Crippen LogP) is 3.98. The number of ether oxygens (including phenoxy) is 1. The SMILES string of the molecule is N=C(N)c1c(Cl)cccc1Oc1c(Cl)cccc1[N+](=O)[O-]. The minimum absolute atomic E-state index is 0.0682. The Morgan fingerprint density at radius 3 is 2.43 bits per heavy atom. The Hall–Kier alpha value is -2.31. The molecule has 2 aromatic carbocycles. The normalized spacial score (nSPS) is 10.2. The van der Waals surface area contributed by atoms with Crippen LogP contribution in [0.25, 0.3) is 0 Å². The fraction of sp³-hybridized carbons (Fsp3) is 0. The third-order valence-electron chi connectivity index (χ3n) is 2.60. The van der Waals surface area contributed by atoms with E-state index in [-0.39, 0.29) is 38.6 Å². The van der Waals surface area contributed by atoms with E-state index in [4.69, 9.17) is 39.1 Å². The number of nitro benzene ring substituents is 1. The number of hydrogen-bond donors (Lipinski definition) is 2. The van der Waals surface area contributed by atoms with Crippen LogP contribution < -0.4 is 10.5 Å². The van der Waals surface area contributed by atoms with Crippen LogP contribution in [0.1, 0.15) is 5.56 Å². The highest BCUT2D eigenvalue weighted by Crippen LogP contribution is 2.39. The van der Waals surface area contributed by atoms with Gasteiger partial charge in [-0.05, 0) is 18.2 Å². The number of nitrogens with two attached hydrogens (primary N) is 1. The van der Waals surface area contributed by atoms with Crippen LogP contribution >= 0.6 is 23.2 Å². The van der Waals surface area contributed by atoms with Gasteiger partial charge >= 0.3 is 5.69 Å². The monoisotopic (exact) mass is 325 g/mol. The molecule has 0 saturated carbocycles. The summed E-state index contributed by atoms with van der Waals surface area (Å²) in [5, 5.41) is 18.8. The predicted molar refractivity (Wildman–Crippen MR) is 80.6 cm³/mol. The van der Waals surface area contributed by atoms with Crippen molar-refractivity contribution in [1.29, 1.82) is 5.41 Å². The molecule has 0 radical (unpaired) electrons. The van der Waals surface area contributed by atoms with Gasteiger partial charge in [0, 0.05) is 6.07 Å². The average Bonchev–Trinajstić information content (AvgIpc) is 2.40. The molecule has 0 amide bonds. The average molecular weight is 326 g/mol. The van der Waals surface area contributed by atoms with Crippen molar-refractivity contribution in [2.45, 2.75) is 0 Å².